The van der Waals surface area contributed by atoms with E-state index in [0.717, 1.165) is 10.0 Å². The topological polar surface area (TPSA) is 83.4 Å². The molecule has 7 nitrogen and oxygen atoms in total. The molecule has 5 rings (SSSR count). The zero-order valence-corrected chi connectivity index (χ0v) is 18.9. The average molecular weight is 506 g/mol. The second-order valence-electron chi connectivity index (χ2n) is 7.34. The van der Waals surface area contributed by atoms with Crippen molar-refractivity contribution in [2.75, 3.05) is 6.79 Å². The maximum atomic E-state index is 12.7. The number of carbonyl (C=O) groups is 2. The number of aliphatic imine (C=N–C) groups is 1. The van der Waals surface area contributed by atoms with Crippen molar-refractivity contribution in [2.24, 2.45) is 4.99 Å². The predicted molar refractivity (Wildman–Crippen MR) is 123 cm³/mol. The number of ether oxygens (including phenoxy) is 4. The standard InChI is InChI=1S/C25H16BrNO6/c1-14-2-4-15(5-3-14)23-27-19(25(29)33-23)11-17-10-18(26)7-9-20(17)32-24(28)16-6-8-21-22(12-16)31-13-30-21/h2-12H,13H2,1H3/b19-11+. The lowest BCUT2D eigenvalue weighted by Gasteiger charge is -2.09. The first-order valence-corrected chi connectivity index (χ1v) is 10.8. The number of halogens is 1. The molecule has 3 aromatic rings. The van der Waals surface area contributed by atoms with Crippen LogP contribution in [0.25, 0.3) is 6.08 Å². The molecule has 0 bridgehead atoms. The van der Waals surface area contributed by atoms with Crippen molar-refractivity contribution >= 4 is 39.8 Å². The molecule has 33 heavy (non-hydrogen) atoms. The number of cyclic esters (lactones) is 1. The quantitative estimate of drug-likeness (QED) is 0.280. The Morgan fingerprint density at radius 1 is 1.03 bits per heavy atom. The van der Waals surface area contributed by atoms with Gasteiger partial charge in [0, 0.05) is 15.6 Å². The normalized spacial score (nSPS) is 15.4. The van der Waals surface area contributed by atoms with Gasteiger partial charge in [-0.3, -0.25) is 0 Å². The molecule has 0 radical (unpaired) electrons. The van der Waals surface area contributed by atoms with Crippen LogP contribution >= 0.6 is 15.9 Å². The molecule has 2 aliphatic rings. The summed E-state index contributed by atoms with van der Waals surface area (Å²) in [7, 11) is 0. The lowest BCUT2D eigenvalue weighted by Crippen LogP contribution is -2.09. The van der Waals surface area contributed by atoms with Gasteiger partial charge in [0.05, 0.1) is 5.56 Å². The summed E-state index contributed by atoms with van der Waals surface area (Å²) in [6, 6.07) is 17.4. The molecule has 0 saturated heterocycles. The first kappa shape index (κ1) is 21.0. The molecule has 0 fully saturated rings. The van der Waals surface area contributed by atoms with E-state index in [1.165, 1.54) is 6.08 Å². The van der Waals surface area contributed by atoms with Crippen LogP contribution < -0.4 is 14.2 Å². The first-order chi connectivity index (χ1) is 16.0. The highest BCUT2D eigenvalue weighted by atomic mass is 79.9. The molecule has 3 aromatic carbocycles. The summed E-state index contributed by atoms with van der Waals surface area (Å²) in [5, 5.41) is 0. The summed E-state index contributed by atoms with van der Waals surface area (Å²) in [6.45, 7) is 2.08. The lowest BCUT2D eigenvalue weighted by molar-refractivity contribution is -0.129. The number of esters is 2. The van der Waals surface area contributed by atoms with Crippen molar-refractivity contribution in [3.8, 4) is 17.2 Å². The third-order valence-corrected chi connectivity index (χ3v) is 5.49. The van der Waals surface area contributed by atoms with E-state index < -0.39 is 11.9 Å². The second-order valence-corrected chi connectivity index (χ2v) is 8.26. The van der Waals surface area contributed by atoms with Gasteiger partial charge in [0.1, 0.15) is 5.75 Å². The van der Waals surface area contributed by atoms with Crippen LogP contribution in [-0.4, -0.2) is 24.6 Å². The van der Waals surface area contributed by atoms with Crippen LogP contribution in [0.4, 0.5) is 0 Å². The molecule has 0 amide bonds. The Morgan fingerprint density at radius 2 is 1.82 bits per heavy atom. The number of hydrogen-bond donors (Lipinski definition) is 0. The van der Waals surface area contributed by atoms with Crippen LogP contribution in [-0.2, 0) is 9.53 Å². The van der Waals surface area contributed by atoms with Crippen molar-refractivity contribution in [1.82, 2.24) is 0 Å². The Kier molecular flexibility index (Phi) is 5.43. The van der Waals surface area contributed by atoms with Crippen molar-refractivity contribution in [3.63, 3.8) is 0 Å². The summed E-state index contributed by atoms with van der Waals surface area (Å²) in [5.41, 5.74) is 2.67. The summed E-state index contributed by atoms with van der Waals surface area (Å²) in [5.74, 6) is 0.379. The van der Waals surface area contributed by atoms with Gasteiger partial charge >= 0.3 is 11.9 Å². The molecule has 8 heteroatoms. The molecule has 0 aromatic heterocycles. The van der Waals surface area contributed by atoms with E-state index >= 15 is 0 Å². The molecule has 0 unspecified atom stereocenters. The van der Waals surface area contributed by atoms with Crippen LogP contribution in [0, 0.1) is 6.92 Å². The third-order valence-electron chi connectivity index (χ3n) is 4.99. The molecule has 0 spiro atoms. The zero-order chi connectivity index (χ0) is 22.9. The number of fused-ring (bicyclic) bond motifs is 1. The minimum atomic E-state index is -0.585. The van der Waals surface area contributed by atoms with Crippen LogP contribution in [0.2, 0.25) is 0 Å². The van der Waals surface area contributed by atoms with E-state index in [1.807, 2.05) is 31.2 Å². The third kappa shape index (κ3) is 4.38. The number of nitrogens with zero attached hydrogens (tertiary/aromatic N) is 1. The van der Waals surface area contributed by atoms with E-state index in [0.29, 0.717) is 28.2 Å². The van der Waals surface area contributed by atoms with Gasteiger partial charge in [-0.2, -0.15) is 0 Å². The highest BCUT2D eigenvalue weighted by molar-refractivity contribution is 9.10. The van der Waals surface area contributed by atoms with Gasteiger partial charge < -0.3 is 18.9 Å². The van der Waals surface area contributed by atoms with Crippen molar-refractivity contribution < 1.29 is 28.5 Å². The predicted octanol–water partition coefficient (Wildman–Crippen LogP) is 5.05. The highest BCUT2D eigenvalue weighted by Gasteiger charge is 2.25. The number of hydrogen-bond acceptors (Lipinski definition) is 7. The second kappa shape index (κ2) is 8.55. The number of rotatable bonds is 4. The number of carbonyl (C=O) groups excluding carboxylic acids is 2. The molecule has 0 aliphatic carbocycles. The van der Waals surface area contributed by atoms with Crippen LogP contribution in [0.3, 0.4) is 0 Å². The number of benzene rings is 3. The minimum Gasteiger partial charge on any atom is -0.454 e. The molecule has 2 aliphatic heterocycles. The summed E-state index contributed by atoms with van der Waals surface area (Å²) < 4.78 is 22.3. The summed E-state index contributed by atoms with van der Waals surface area (Å²) >= 11 is 3.41. The fourth-order valence-electron chi connectivity index (χ4n) is 3.28. The van der Waals surface area contributed by atoms with E-state index in [4.69, 9.17) is 18.9 Å². The first-order valence-electron chi connectivity index (χ1n) is 9.97. The highest BCUT2D eigenvalue weighted by Crippen LogP contribution is 2.33. The fraction of sp³-hybridized carbons (Fsp3) is 0.0800. The SMILES string of the molecule is Cc1ccc(C2=N/C(=C/c3cc(Br)ccc3OC(=O)c3ccc4c(c3)OCO4)C(=O)O2)cc1. The van der Waals surface area contributed by atoms with Gasteiger partial charge in [0.25, 0.3) is 0 Å². The Labute approximate surface area is 197 Å². The Bertz CT molecular complexity index is 1340. The Hall–Kier alpha value is -3.91. The molecule has 0 N–H and O–H groups in total. The van der Waals surface area contributed by atoms with E-state index in [9.17, 15) is 9.59 Å². The lowest BCUT2D eigenvalue weighted by atomic mass is 10.1. The largest absolute Gasteiger partial charge is 0.454 e. The molecule has 164 valence electrons. The fourth-order valence-corrected chi connectivity index (χ4v) is 3.66. The van der Waals surface area contributed by atoms with E-state index in [2.05, 4.69) is 20.9 Å². The summed E-state index contributed by atoms with van der Waals surface area (Å²) in [4.78, 5) is 29.5. The average Bonchev–Trinajstić information content (AvgIpc) is 3.42. The molecule has 2 heterocycles. The van der Waals surface area contributed by atoms with Gasteiger partial charge in [-0.05, 0) is 61.5 Å². The van der Waals surface area contributed by atoms with Crippen LogP contribution in [0.5, 0.6) is 17.2 Å². The van der Waals surface area contributed by atoms with Crippen molar-refractivity contribution in [3.05, 3.63) is 93.1 Å². The number of aryl methyl sites for hydroxylation is 1. The van der Waals surface area contributed by atoms with Gasteiger partial charge in [-0.1, -0.05) is 33.6 Å². The maximum Gasteiger partial charge on any atom is 0.363 e. The zero-order valence-electron chi connectivity index (χ0n) is 17.3. The summed E-state index contributed by atoms with van der Waals surface area (Å²) in [6.07, 6.45) is 1.52. The molecule has 0 atom stereocenters. The van der Waals surface area contributed by atoms with Gasteiger partial charge in [0.2, 0.25) is 12.7 Å². The van der Waals surface area contributed by atoms with E-state index in [1.54, 1.807) is 36.4 Å². The van der Waals surface area contributed by atoms with Gasteiger partial charge in [-0.25, -0.2) is 14.6 Å². The monoisotopic (exact) mass is 505 g/mol. The van der Waals surface area contributed by atoms with Gasteiger partial charge in [-0.15, -0.1) is 0 Å². The van der Waals surface area contributed by atoms with Crippen molar-refractivity contribution in [1.29, 1.82) is 0 Å². The van der Waals surface area contributed by atoms with Crippen molar-refractivity contribution in [2.45, 2.75) is 6.92 Å². The van der Waals surface area contributed by atoms with E-state index in [-0.39, 0.29) is 24.1 Å². The smallest absolute Gasteiger partial charge is 0.363 e. The van der Waals surface area contributed by atoms with Gasteiger partial charge in [0.15, 0.2) is 17.2 Å². The Balaban J connectivity index is 1.44. The molecule has 0 saturated carbocycles. The molecular formula is C25H16BrNO6. The minimum absolute atomic E-state index is 0.101. The van der Waals surface area contributed by atoms with Crippen LogP contribution in [0.15, 0.2) is 75.8 Å². The van der Waals surface area contributed by atoms with Crippen LogP contribution in [0.1, 0.15) is 27.0 Å². The Morgan fingerprint density at radius 3 is 2.64 bits per heavy atom. The molecular weight excluding hydrogens is 490 g/mol. The maximum absolute atomic E-state index is 12.7.